The molecule has 0 N–H and O–H groups in total. The Balaban J connectivity index is 1.64. The molecule has 0 bridgehead atoms. The minimum Gasteiger partial charge on any atom is -0.461 e. The van der Waals surface area contributed by atoms with E-state index >= 15 is 0 Å². The standard InChI is InChI=1S/C19H17N5O2/c1-2-5-15-14(4-1)20-12-17(21-15)24-19(16-6-3-9-26-16)22-18(23-24)13-7-10-25-11-8-13/h1-6,9,12-13H,7-8,10-11H2. The Kier molecular flexibility index (Phi) is 3.71. The van der Waals surface area contributed by atoms with Crippen LogP contribution in [0, 0.1) is 0 Å². The maximum Gasteiger partial charge on any atom is 0.200 e. The topological polar surface area (TPSA) is 78.9 Å². The highest BCUT2D eigenvalue weighted by Gasteiger charge is 2.24. The largest absolute Gasteiger partial charge is 0.461 e. The molecule has 0 radical (unpaired) electrons. The molecule has 4 heterocycles. The molecule has 4 aromatic rings. The summed E-state index contributed by atoms with van der Waals surface area (Å²) in [4.78, 5) is 14.0. The molecule has 0 aliphatic carbocycles. The molecule has 7 heteroatoms. The average molecular weight is 347 g/mol. The van der Waals surface area contributed by atoms with Crippen molar-refractivity contribution >= 4 is 11.0 Å². The highest BCUT2D eigenvalue weighted by atomic mass is 16.5. The van der Waals surface area contributed by atoms with Gasteiger partial charge in [-0.1, -0.05) is 12.1 Å². The average Bonchev–Trinajstić information content (AvgIpc) is 3.38. The molecule has 0 unspecified atom stereocenters. The highest BCUT2D eigenvalue weighted by Crippen LogP contribution is 2.28. The van der Waals surface area contributed by atoms with Crippen LogP contribution >= 0.6 is 0 Å². The lowest BCUT2D eigenvalue weighted by molar-refractivity contribution is 0.0836. The Labute approximate surface area is 149 Å². The van der Waals surface area contributed by atoms with E-state index in [4.69, 9.17) is 24.2 Å². The number of para-hydroxylation sites is 2. The van der Waals surface area contributed by atoms with Gasteiger partial charge in [0.25, 0.3) is 0 Å². The van der Waals surface area contributed by atoms with Crippen molar-refractivity contribution < 1.29 is 9.15 Å². The molecule has 3 aromatic heterocycles. The van der Waals surface area contributed by atoms with Crippen molar-refractivity contribution in [2.45, 2.75) is 18.8 Å². The maximum absolute atomic E-state index is 5.57. The second-order valence-corrected chi connectivity index (χ2v) is 6.29. The van der Waals surface area contributed by atoms with Crippen LogP contribution in [0.4, 0.5) is 0 Å². The third-order valence-corrected chi connectivity index (χ3v) is 4.60. The first-order valence-corrected chi connectivity index (χ1v) is 8.69. The number of ether oxygens (including phenoxy) is 1. The third kappa shape index (κ3) is 2.66. The van der Waals surface area contributed by atoms with Crippen LogP contribution in [0.1, 0.15) is 24.6 Å². The van der Waals surface area contributed by atoms with E-state index in [1.807, 2.05) is 36.4 Å². The summed E-state index contributed by atoms with van der Waals surface area (Å²) in [6, 6.07) is 11.5. The molecule has 1 aliphatic heterocycles. The summed E-state index contributed by atoms with van der Waals surface area (Å²) < 4.78 is 12.8. The zero-order chi connectivity index (χ0) is 17.3. The number of fused-ring (bicyclic) bond motifs is 1. The highest BCUT2D eigenvalue weighted by molar-refractivity contribution is 5.74. The summed E-state index contributed by atoms with van der Waals surface area (Å²) in [5.41, 5.74) is 1.67. The number of benzene rings is 1. The van der Waals surface area contributed by atoms with Gasteiger partial charge in [-0.25, -0.2) is 9.97 Å². The van der Waals surface area contributed by atoms with E-state index < -0.39 is 0 Å². The zero-order valence-electron chi connectivity index (χ0n) is 14.1. The van der Waals surface area contributed by atoms with Gasteiger partial charge in [-0.2, -0.15) is 4.68 Å². The normalized spacial score (nSPS) is 15.5. The number of hydrogen-bond donors (Lipinski definition) is 0. The van der Waals surface area contributed by atoms with Gasteiger partial charge in [0, 0.05) is 19.1 Å². The Morgan fingerprint density at radius 1 is 0.962 bits per heavy atom. The maximum atomic E-state index is 5.57. The summed E-state index contributed by atoms with van der Waals surface area (Å²) in [6.45, 7) is 1.48. The molecule has 1 saturated heterocycles. The Bertz CT molecular complexity index is 1040. The second kappa shape index (κ2) is 6.34. The summed E-state index contributed by atoms with van der Waals surface area (Å²) >= 11 is 0. The molecule has 0 spiro atoms. The summed E-state index contributed by atoms with van der Waals surface area (Å²) in [5.74, 6) is 3.01. The molecule has 0 saturated carbocycles. The molecular formula is C19H17N5O2. The van der Waals surface area contributed by atoms with E-state index in [0.29, 0.717) is 17.4 Å². The smallest absolute Gasteiger partial charge is 0.200 e. The van der Waals surface area contributed by atoms with E-state index in [1.54, 1.807) is 17.1 Å². The molecule has 130 valence electrons. The van der Waals surface area contributed by atoms with E-state index in [1.165, 1.54) is 0 Å². The van der Waals surface area contributed by atoms with Gasteiger partial charge in [0.15, 0.2) is 17.4 Å². The fraction of sp³-hybridized carbons (Fsp3) is 0.263. The first-order chi connectivity index (χ1) is 12.9. The van der Waals surface area contributed by atoms with Crippen molar-refractivity contribution in [3.63, 3.8) is 0 Å². The second-order valence-electron chi connectivity index (χ2n) is 6.29. The monoisotopic (exact) mass is 347 g/mol. The number of aromatic nitrogens is 5. The van der Waals surface area contributed by atoms with Gasteiger partial charge in [-0.15, -0.1) is 5.10 Å². The van der Waals surface area contributed by atoms with Crippen LogP contribution in [0.3, 0.4) is 0 Å². The molecule has 1 aromatic carbocycles. The predicted molar refractivity (Wildman–Crippen MR) is 95.0 cm³/mol. The third-order valence-electron chi connectivity index (χ3n) is 4.60. The van der Waals surface area contributed by atoms with Crippen LogP contribution in [0.25, 0.3) is 28.4 Å². The molecule has 26 heavy (non-hydrogen) atoms. The van der Waals surface area contributed by atoms with Crippen molar-refractivity contribution in [3.8, 4) is 17.4 Å². The van der Waals surface area contributed by atoms with Crippen molar-refractivity contribution in [1.82, 2.24) is 24.7 Å². The molecule has 0 atom stereocenters. The lowest BCUT2D eigenvalue weighted by Crippen LogP contribution is -2.15. The van der Waals surface area contributed by atoms with Gasteiger partial charge in [0.2, 0.25) is 5.82 Å². The van der Waals surface area contributed by atoms with Crippen LogP contribution in [0.2, 0.25) is 0 Å². The lowest BCUT2D eigenvalue weighted by Gasteiger charge is -2.18. The van der Waals surface area contributed by atoms with Gasteiger partial charge in [-0.3, -0.25) is 4.98 Å². The van der Waals surface area contributed by atoms with E-state index in [9.17, 15) is 0 Å². The zero-order valence-corrected chi connectivity index (χ0v) is 14.1. The fourth-order valence-electron chi connectivity index (χ4n) is 3.23. The van der Waals surface area contributed by atoms with E-state index in [-0.39, 0.29) is 5.92 Å². The summed E-state index contributed by atoms with van der Waals surface area (Å²) in [6.07, 6.45) is 5.20. The molecule has 1 aliphatic rings. The summed E-state index contributed by atoms with van der Waals surface area (Å²) in [5, 5.41) is 4.75. The number of furan rings is 1. The minimum absolute atomic E-state index is 0.284. The van der Waals surface area contributed by atoms with Crippen LogP contribution < -0.4 is 0 Å². The van der Waals surface area contributed by atoms with Crippen LogP contribution in [0.5, 0.6) is 0 Å². The van der Waals surface area contributed by atoms with Crippen molar-refractivity contribution in [2.24, 2.45) is 0 Å². The van der Waals surface area contributed by atoms with Gasteiger partial charge in [0.1, 0.15) is 0 Å². The van der Waals surface area contributed by atoms with Crippen LogP contribution in [-0.4, -0.2) is 37.9 Å². The Hall–Kier alpha value is -3.06. The number of hydrogen-bond acceptors (Lipinski definition) is 6. The van der Waals surface area contributed by atoms with Crippen molar-refractivity contribution in [1.29, 1.82) is 0 Å². The van der Waals surface area contributed by atoms with Gasteiger partial charge in [0.05, 0.1) is 23.5 Å². The number of rotatable bonds is 3. The van der Waals surface area contributed by atoms with Crippen LogP contribution in [0.15, 0.2) is 53.3 Å². The predicted octanol–water partition coefficient (Wildman–Crippen LogP) is 3.36. The first-order valence-electron chi connectivity index (χ1n) is 8.69. The van der Waals surface area contributed by atoms with Crippen molar-refractivity contribution in [3.05, 3.63) is 54.7 Å². The molecule has 5 rings (SSSR count). The Morgan fingerprint density at radius 2 is 1.81 bits per heavy atom. The van der Waals surface area contributed by atoms with Gasteiger partial charge >= 0.3 is 0 Å². The van der Waals surface area contributed by atoms with Crippen molar-refractivity contribution in [2.75, 3.05) is 13.2 Å². The van der Waals surface area contributed by atoms with Gasteiger partial charge in [-0.05, 0) is 37.1 Å². The number of nitrogens with zero attached hydrogens (tertiary/aromatic N) is 5. The molecular weight excluding hydrogens is 330 g/mol. The molecule has 0 amide bonds. The SMILES string of the molecule is c1coc(-c2nc(C3CCOCC3)nn2-c2cnc3ccccc3n2)c1. The lowest BCUT2D eigenvalue weighted by atomic mass is 10.00. The summed E-state index contributed by atoms with van der Waals surface area (Å²) in [7, 11) is 0. The molecule has 7 nitrogen and oxygen atoms in total. The van der Waals surface area contributed by atoms with E-state index in [0.717, 1.165) is 42.9 Å². The van der Waals surface area contributed by atoms with Crippen LogP contribution in [-0.2, 0) is 4.74 Å². The van der Waals surface area contributed by atoms with E-state index in [2.05, 4.69) is 4.98 Å². The minimum atomic E-state index is 0.284. The molecule has 1 fully saturated rings. The first kappa shape index (κ1) is 15.2. The quantitative estimate of drug-likeness (QED) is 0.565. The Morgan fingerprint density at radius 3 is 2.62 bits per heavy atom. The fourth-order valence-corrected chi connectivity index (χ4v) is 3.23. The van der Waals surface area contributed by atoms with Gasteiger partial charge < -0.3 is 9.15 Å².